The Balaban J connectivity index is 1.94. The Morgan fingerprint density at radius 2 is 2.09 bits per heavy atom. The topological polar surface area (TPSA) is 75.7 Å². The minimum Gasteiger partial charge on any atom is -0.376 e. The van der Waals surface area contributed by atoms with Crippen LogP contribution in [-0.2, 0) is 14.8 Å². The molecule has 22 heavy (non-hydrogen) atoms. The Morgan fingerprint density at radius 1 is 1.45 bits per heavy atom. The van der Waals surface area contributed by atoms with E-state index >= 15 is 0 Å². The zero-order chi connectivity index (χ0) is 16.4. The largest absolute Gasteiger partial charge is 0.376 e. The van der Waals surface area contributed by atoms with Crippen LogP contribution in [0.3, 0.4) is 0 Å². The first-order chi connectivity index (χ1) is 10.3. The molecule has 9 heteroatoms. The van der Waals surface area contributed by atoms with E-state index in [1.165, 1.54) is 21.9 Å². The molecule has 0 spiro atoms. The number of hydrogen-bond donors (Lipinski definition) is 1. The van der Waals surface area contributed by atoms with Crippen molar-refractivity contribution in [2.24, 2.45) is 0 Å². The Labute approximate surface area is 139 Å². The van der Waals surface area contributed by atoms with Gasteiger partial charge in [0.15, 0.2) is 0 Å². The van der Waals surface area contributed by atoms with Crippen molar-refractivity contribution in [3.05, 3.63) is 21.3 Å². The summed E-state index contributed by atoms with van der Waals surface area (Å²) in [6.45, 7) is 1.14. The van der Waals surface area contributed by atoms with Crippen molar-refractivity contribution >= 4 is 38.9 Å². The molecule has 1 aliphatic heterocycles. The van der Waals surface area contributed by atoms with Crippen molar-refractivity contribution < 1.29 is 17.9 Å². The predicted octanol–water partition coefficient (Wildman–Crippen LogP) is 1.57. The van der Waals surface area contributed by atoms with Gasteiger partial charge >= 0.3 is 0 Å². The third kappa shape index (κ3) is 4.20. The van der Waals surface area contributed by atoms with Gasteiger partial charge in [-0.15, -0.1) is 11.3 Å². The number of nitrogens with zero attached hydrogens (tertiary/aromatic N) is 1. The number of methoxy groups -OCH3 is 1. The van der Waals surface area contributed by atoms with E-state index in [0.29, 0.717) is 41.7 Å². The number of halogens is 1. The summed E-state index contributed by atoms with van der Waals surface area (Å²) >= 11 is 7.04. The van der Waals surface area contributed by atoms with Crippen LogP contribution in [-0.4, -0.2) is 57.2 Å². The van der Waals surface area contributed by atoms with E-state index in [0.717, 1.165) is 0 Å². The van der Waals surface area contributed by atoms with Crippen LogP contribution in [0.2, 0.25) is 4.34 Å². The monoisotopic (exact) mass is 366 g/mol. The Kier molecular flexibility index (Phi) is 5.50. The average molecular weight is 367 g/mol. The van der Waals surface area contributed by atoms with Crippen LogP contribution in [0, 0.1) is 0 Å². The van der Waals surface area contributed by atoms with E-state index in [9.17, 15) is 13.2 Å². The highest BCUT2D eigenvalue weighted by Gasteiger charge is 2.37. The van der Waals surface area contributed by atoms with E-state index in [4.69, 9.17) is 16.3 Å². The number of amides is 1. The van der Waals surface area contributed by atoms with Crippen LogP contribution in [0.25, 0.3) is 0 Å². The molecule has 0 aliphatic carbocycles. The number of carbonyl (C=O) groups excluding carboxylic acids is 1. The van der Waals surface area contributed by atoms with Gasteiger partial charge in [0.2, 0.25) is 10.0 Å². The first-order valence-electron chi connectivity index (χ1n) is 6.80. The summed E-state index contributed by atoms with van der Waals surface area (Å²) in [5, 5.41) is 2.85. The zero-order valence-corrected chi connectivity index (χ0v) is 14.9. The first kappa shape index (κ1) is 17.7. The van der Waals surface area contributed by atoms with Crippen molar-refractivity contribution in [3.8, 4) is 0 Å². The van der Waals surface area contributed by atoms with Crippen LogP contribution in [0.15, 0.2) is 12.1 Å². The lowest BCUT2D eigenvalue weighted by Crippen LogP contribution is -2.52. The minimum atomic E-state index is -3.18. The number of nitrogens with one attached hydrogen (secondary N) is 1. The SMILES string of the molecule is COC1(CNC(=O)c2ccc(Cl)s2)CCN(S(C)(=O)=O)CC1. The third-order valence-corrected chi connectivity index (χ3v) is 6.44. The fraction of sp³-hybridized carbons (Fsp3) is 0.615. The van der Waals surface area contributed by atoms with Gasteiger partial charge < -0.3 is 10.1 Å². The lowest BCUT2D eigenvalue weighted by molar-refractivity contribution is -0.0424. The van der Waals surface area contributed by atoms with Crippen molar-refractivity contribution in [1.82, 2.24) is 9.62 Å². The van der Waals surface area contributed by atoms with Gasteiger partial charge in [-0.2, -0.15) is 0 Å². The molecule has 0 saturated carbocycles. The van der Waals surface area contributed by atoms with Crippen LogP contribution in [0.5, 0.6) is 0 Å². The lowest BCUT2D eigenvalue weighted by Gasteiger charge is -2.39. The maximum Gasteiger partial charge on any atom is 0.261 e. The molecule has 1 aliphatic rings. The molecule has 0 bridgehead atoms. The summed E-state index contributed by atoms with van der Waals surface area (Å²) < 4.78 is 30.7. The van der Waals surface area contributed by atoms with E-state index in [1.807, 2.05) is 0 Å². The van der Waals surface area contributed by atoms with Gasteiger partial charge in [0, 0.05) is 26.7 Å². The standard InChI is InChI=1S/C13H19ClN2O4S2/c1-20-13(5-7-16(8-6-13)22(2,18)19)9-15-12(17)10-3-4-11(14)21-10/h3-4H,5-9H2,1-2H3,(H,15,17). The molecule has 0 aromatic carbocycles. The molecule has 0 radical (unpaired) electrons. The molecule has 1 fully saturated rings. The molecule has 1 saturated heterocycles. The number of carbonyl (C=O) groups is 1. The number of sulfonamides is 1. The molecular weight excluding hydrogens is 348 g/mol. The molecule has 0 unspecified atom stereocenters. The highest BCUT2D eigenvalue weighted by Crippen LogP contribution is 2.27. The number of rotatable bonds is 5. The molecule has 1 aromatic heterocycles. The van der Waals surface area contributed by atoms with E-state index < -0.39 is 15.6 Å². The second-order valence-corrected chi connectivity index (χ2v) is 9.03. The summed E-state index contributed by atoms with van der Waals surface area (Å²) in [4.78, 5) is 12.6. The molecule has 1 aromatic rings. The Bertz CT molecular complexity index is 636. The molecule has 0 atom stereocenters. The molecule has 124 valence electrons. The molecular formula is C13H19ClN2O4S2. The fourth-order valence-electron chi connectivity index (χ4n) is 2.44. The van der Waals surface area contributed by atoms with Gasteiger partial charge in [0.25, 0.3) is 5.91 Å². The maximum absolute atomic E-state index is 12.1. The van der Waals surface area contributed by atoms with Crippen molar-refractivity contribution in [1.29, 1.82) is 0 Å². The number of piperidine rings is 1. The van der Waals surface area contributed by atoms with Crippen LogP contribution in [0.4, 0.5) is 0 Å². The maximum atomic E-state index is 12.1. The molecule has 2 heterocycles. The molecule has 2 rings (SSSR count). The van der Waals surface area contributed by atoms with Gasteiger partial charge in [-0.25, -0.2) is 12.7 Å². The van der Waals surface area contributed by atoms with Crippen molar-refractivity contribution in [3.63, 3.8) is 0 Å². The smallest absolute Gasteiger partial charge is 0.261 e. The van der Waals surface area contributed by atoms with E-state index in [2.05, 4.69) is 5.32 Å². The minimum absolute atomic E-state index is 0.195. The fourth-order valence-corrected chi connectivity index (χ4v) is 4.25. The summed E-state index contributed by atoms with van der Waals surface area (Å²) in [5.41, 5.74) is -0.530. The first-order valence-corrected chi connectivity index (χ1v) is 9.84. The van der Waals surface area contributed by atoms with Gasteiger partial charge in [0.05, 0.1) is 21.1 Å². The molecule has 1 N–H and O–H groups in total. The van der Waals surface area contributed by atoms with Gasteiger partial charge in [-0.05, 0) is 25.0 Å². The zero-order valence-electron chi connectivity index (χ0n) is 12.5. The number of ether oxygens (including phenoxy) is 1. The quantitative estimate of drug-likeness (QED) is 0.858. The van der Waals surface area contributed by atoms with Crippen LogP contribution >= 0.6 is 22.9 Å². The average Bonchev–Trinajstić information content (AvgIpc) is 2.91. The van der Waals surface area contributed by atoms with Gasteiger partial charge in [-0.1, -0.05) is 11.6 Å². The highest BCUT2D eigenvalue weighted by molar-refractivity contribution is 7.88. The van der Waals surface area contributed by atoms with Gasteiger partial charge in [0.1, 0.15) is 0 Å². The Hall–Kier alpha value is -0.670. The number of hydrogen-bond acceptors (Lipinski definition) is 5. The van der Waals surface area contributed by atoms with E-state index in [1.54, 1.807) is 19.2 Å². The molecule has 6 nitrogen and oxygen atoms in total. The third-order valence-electron chi connectivity index (χ3n) is 3.90. The highest BCUT2D eigenvalue weighted by atomic mass is 35.5. The summed E-state index contributed by atoms with van der Waals surface area (Å²) in [7, 11) is -1.59. The van der Waals surface area contributed by atoms with Gasteiger partial charge in [-0.3, -0.25) is 4.79 Å². The van der Waals surface area contributed by atoms with E-state index in [-0.39, 0.29) is 5.91 Å². The summed E-state index contributed by atoms with van der Waals surface area (Å²) in [6.07, 6.45) is 2.29. The lowest BCUT2D eigenvalue weighted by atomic mass is 9.92. The summed E-state index contributed by atoms with van der Waals surface area (Å²) in [6, 6.07) is 3.35. The normalized spacial score (nSPS) is 19.0. The molecule has 1 amide bonds. The van der Waals surface area contributed by atoms with Crippen LogP contribution in [0.1, 0.15) is 22.5 Å². The summed E-state index contributed by atoms with van der Waals surface area (Å²) in [5.74, 6) is -0.195. The second-order valence-electron chi connectivity index (χ2n) is 5.34. The van der Waals surface area contributed by atoms with Crippen LogP contribution < -0.4 is 5.32 Å². The number of thiophene rings is 1. The van der Waals surface area contributed by atoms with Crippen molar-refractivity contribution in [2.45, 2.75) is 18.4 Å². The second kappa shape index (κ2) is 6.84. The van der Waals surface area contributed by atoms with Crippen molar-refractivity contribution in [2.75, 3.05) is 33.0 Å². The Morgan fingerprint density at radius 3 is 2.55 bits per heavy atom. The predicted molar refractivity (Wildman–Crippen MR) is 87.1 cm³/mol.